The van der Waals surface area contributed by atoms with Gasteiger partial charge in [0.25, 0.3) is 5.91 Å². The monoisotopic (exact) mass is 430 g/mol. The lowest BCUT2D eigenvalue weighted by Gasteiger charge is -2.17. The number of carbonyl (C=O) groups is 2. The SMILES string of the molecule is CC(Oc1ccc(NC(=O)NC(=O)c2c(F)cccc2F)cc1Cl)c1ccccc1. The first kappa shape index (κ1) is 21.3. The topological polar surface area (TPSA) is 67.4 Å². The number of hydrogen-bond donors (Lipinski definition) is 2. The molecule has 1 unspecified atom stereocenters. The van der Waals surface area contributed by atoms with Crippen molar-refractivity contribution < 1.29 is 23.1 Å². The first-order valence-electron chi connectivity index (χ1n) is 8.92. The molecule has 154 valence electrons. The number of urea groups is 1. The molecule has 0 aromatic heterocycles. The fourth-order valence-corrected chi connectivity index (χ4v) is 2.92. The Balaban J connectivity index is 1.64. The molecular formula is C22H17ClF2N2O3. The maximum atomic E-state index is 13.6. The van der Waals surface area contributed by atoms with Crippen molar-refractivity contribution in [1.29, 1.82) is 0 Å². The van der Waals surface area contributed by atoms with Crippen molar-refractivity contribution in [3.63, 3.8) is 0 Å². The summed E-state index contributed by atoms with van der Waals surface area (Å²) in [5, 5.41) is 4.49. The highest BCUT2D eigenvalue weighted by Gasteiger charge is 2.19. The molecule has 8 heteroatoms. The number of halogens is 3. The largest absolute Gasteiger partial charge is 0.484 e. The van der Waals surface area contributed by atoms with E-state index in [1.807, 2.05) is 42.6 Å². The minimum atomic E-state index is -1.20. The van der Waals surface area contributed by atoms with E-state index in [0.29, 0.717) is 5.75 Å². The highest BCUT2D eigenvalue weighted by atomic mass is 35.5. The number of rotatable bonds is 5. The molecule has 0 radical (unpaired) electrons. The van der Waals surface area contributed by atoms with Crippen LogP contribution in [0.15, 0.2) is 66.7 Å². The van der Waals surface area contributed by atoms with Crippen molar-refractivity contribution in [2.45, 2.75) is 13.0 Å². The Morgan fingerprint density at radius 1 is 0.967 bits per heavy atom. The first-order valence-corrected chi connectivity index (χ1v) is 9.30. The molecule has 0 fully saturated rings. The second-order valence-electron chi connectivity index (χ2n) is 6.32. The molecule has 0 aliphatic carbocycles. The Kier molecular flexibility index (Phi) is 6.64. The van der Waals surface area contributed by atoms with Gasteiger partial charge in [-0.05, 0) is 42.8 Å². The average molecular weight is 431 g/mol. The van der Waals surface area contributed by atoms with Crippen molar-refractivity contribution >= 4 is 29.2 Å². The van der Waals surface area contributed by atoms with Gasteiger partial charge in [-0.15, -0.1) is 0 Å². The third-order valence-corrected chi connectivity index (χ3v) is 4.47. The average Bonchev–Trinajstić information content (AvgIpc) is 2.70. The van der Waals surface area contributed by atoms with Crippen LogP contribution >= 0.6 is 11.6 Å². The maximum absolute atomic E-state index is 13.6. The van der Waals surface area contributed by atoms with Crippen LogP contribution in [0.2, 0.25) is 5.02 Å². The summed E-state index contributed by atoms with van der Waals surface area (Å²) < 4.78 is 33.1. The van der Waals surface area contributed by atoms with E-state index in [1.54, 1.807) is 6.07 Å². The summed E-state index contributed by atoms with van der Waals surface area (Å²) >= 11 is 6.22. The zero-order valence-corrected chi connectivity index (χ0v) is 16.5. The normalized spacial score (nSPS) is 11.5. The highest BCUT2D eigenvalue weighted by Crippen LogP contribution is 2.31. The molecule has 3 aromatic carbocycles. The van der Waals surface area contributed by atoms with Crippen molar-refractivity contribution in [1.82, 2.24) is 5.32 Å². The zero-order chi connectivity index (χ0) is 21.7. The molecule has 2 N–H and O–H groups in total. The van der Waals surface area contributed by atoms with E-state index >= 15 is 0 Å². The highest BCUT2D eigenvalue weighted by molar-refractivity contribution is 6.32. The van der Waals surface area contributed by atoms with E-state index in [2.05, 4.69) is 5.32 Å². The molecule has 30 heavy (non-hydrogen) atoms. The molecule has 5 nitrogen and oxygen atoms in total. The van der Waals surface area contributed by atoms with Crippen LogP contribution < -0.4 is 15.4 Å². The van der Waals surface area contributed by atoms with Crippen LogP contribution in [0.25, 0.3) is 0 Å². The van der Waals surface area contributed by atoms with Gasteiger partial charge in [-0.1, -0.05) is 48.0 Å². The molecule has 0 heterocycles. The Labute approximate surface area is 176 Å². The number of amides is 3. The van der Waals surface area contributed by atoms with Crippen LogP contribution in [0.1, 0.15) is 28.9 Å². The molecular weight excluding hydrogens is 414 g/mol. The van der Waals surface area contributed by atoms with E-state index in [-0.39, 0.29) is 16.8 Å². The predicted molar refractivity (Wildman–Crippen MR) is 110 cm³/mol. The van der Waals surface area contributed by atoms with Gasteiger partial charge in [0, 0.05) is 5.69 Å². The molecule has 0 spiro atoms. The quantitative estimate of drug-likeness (QED) is 0.544. The van der Waals surface area contributed by atoms with E-state index in [0.717, 1.165) is 23.8 Å². The zero-order valence-electron chi connectivity index (χ0n) is 15.8. The van der Waals surface area contributed by atoms with Crippen LogP contribution in [-0.4, -0.2) is 11.9 Å². The smallest absolute Gasteiger partial charge is 0.326 e. The van der Waals surface area contributed by atoms with Gasteiger partial charge in [0.05, 0.1) is 5.02 Å². The Morgan fingerprint density at radius 3 is 2.27 bits per heavy atom. The van der Waals surface area contributed by atoms with Gasteiger partial charge in [0.1, 0.15) is 29.1 Å². The fourth-order valence-electron chi connectivity index (χ4n) is 2.70. The summed E-state index contributed by atoms with van der Waals surface area (Å²) in [5.41, 5.74) is 0.386. The molecule has 0 aliphatic rings. The van der Waals surface area contributed by atoms with Gasteiger partial charge in [-0.3, -0.25) is 10.1 Å². The molecule has 3 amide bonds. The summed E-state index contributed by atoms with van der Waals surface area (Å²) in [6, 6.07) is 16.1. The van der Waals surface area contributed by atoms with Gasteiger partial charge in [0.2, 0.25) is 0 Å². The summed E-state index contributed by atoms with van der Waals surface area (Å²) in [5.74, 6) is -2.94. The number of ether oxygens (including phenoxy) is 1. The second-order valence-corrected chi connectivity index (χ2v) is 6.73. The fraction of sp³-hybridized carbons (Fsp3) is 0.0909. The third kappa shape index (κ3) is 5.12. The lowest BCUT2D eigenvalue weighted by Crippen LogP contribution is -2.35. The number of nitrogens with one attached hydrogen (secondary N) is 2. The number of imide groups is 1. The maximum Gasteiger partial charge on any atom is 0.326 e. The van der Waals surface area contributed by atoms with Gasteiger partial charge >= 0.3 is 6.03 Å². The third-order valence-electron chi connectivity index (χ3n) is 4.18. The second kappa shape index (κ2) is 9.37. The van der Waals surface area contributed by atoms with Crippen LogP contribution in [0.3, 0.4) is 0 Å². The van der Waals surface area contributed by atoms with Crippen LogP contribution in [-0.2, 0) is 0 Å². The summed E-state index contributed by atoms with van der Waals surface area (Å²) in [6.07, 6.45) is -0.251. The minimum absolute atomic E-state index is 0.238. The number of anilines is 1. The number of hydrogen-bond acceptors (Lipinski definition) is 3. The summed E-state index contributed by atoms with van der Waals surface area (Å²) in [7, 11) is 0. The molecule has 0 bridgehead atoms. The van der Waals surface area contributed by atoms with Crippen molar-refractivity contribution in [3.8, 4) is 5.75 Å². The van der Waals surface area contributed by atoms with E-state index in [4.69, 9.17) is 16.3 Å². The van der Waals surface area contributed by atoms with Crippen molar-refractivity contribution in [3.05, 3.63) is 94.5 Å². The van der Waals surface area contributed by atoms with Crippen molar-refractivity contribution in [2.24, 2.45) is 0 Å². The Morgan fingerprint density at radius 2 is 1.63 bits per heavy atom. The van der Waals surface area contributed by atoms with E-state index in [1.165, 1.54) is 12.1 Å². The van der Waals surface area contributed by atoms with Crippen LogP contribution in [0.5, 0.6) is 5.75 Å². The van der Waals surface area contributed by atoms with Crippen molar-refractivity contribution in [2.75, 3.05) is 5.32 Å². The lowest BCUT2D eigenvalue weighted by atomic mass is 10.1. The summed E-state index contributed by atoms with van der Waals surface area (Å²) in [6.45, 7) is 1.87. The van der Waals surface area contributed by atoms with Gasteiger partial charge < -0.3 is 10.1 Å². The van der Waals surface area contributed by atoms with E-state index in [9.17, 15) is 18.4 Å². The van der Waals surface area contributed by atoms with Gasteiger partial charge in [-0.2, -0.15) is 0 Å². The molecule has 3 aromatic rings. The Hall–Kier alpha value is -3.45. The number of carbonyl (C=O) groups excluding carboxylic acids is 2. The minimum Gasteiger partial charge on any atom is -0.484 e. The van der Waals surface area contributed by atoms with Crippen LogP contribution in [0.4, 0.5) is 19.3 Å². The van der Waals surface area contributed by atoms with Gasteiger partial charge in [-0.25, -0.2) is 13.6 Å². The predicted octanol–water partition coefficient (Wildman–Crippen LogP) is 5.72. The molecule has 3 rings (SSSR count). The Bertz CT molecular complexity index is 1060. The number of benzene rings is 3. The lowest BCUT2D eigenvalue weighted by molar-refractivity contribution is 0.0959. The molecule has 0 aliphatic heterocycles. The van der Waals surface area contributed by atoms with Crippen LogP contribution in [0, 0.1) is 11.6 Å². The van der Waals surface area contributed by atoms with E-state index < -0.39 is 29.1 Å². The molecule has 1 atom stereocenters. The first-order chi connectivity index (χ1) is 14.3. The standard InChI is InChI=1S/C22H17ClF2N2O3/c1-13(14-6-3-2-4-7-14)30-19-11-10-15(12-16(19)23)26-22(29)27-21(28)20-17(24)8-5-9-18(20)25/h2-13H,1H3,(H2,26,27,28,29). The summed E-state index contributed by atoms with van der Waals surface area (Å²) in [4.78, 5) is 24.0. The molecule has 0 saturated heterocycles. The van der Waals surface area contributed by atoms with Gasteiger partial charge in [0.15, 0.2) is 0 Å². The molecule has 0 saturated carbocycles.